The molecule has 0 saturated heterocycles. The number of nitrogens with one attached hydrogen (secondary N) is 1. The second kappa shape index (κ2) is 77.0. The van der Waals surface area contributed by atoms with E-state index in [0.29, 0.717) is 19.4 Å². The third kappa shape index (κ3) is 72.6. The Labute approximate surface area is 549 Å². The molecule has 0 radical (unpaired) electrons. The number of hydrogen-bond acceptors (Lipinski definition) is 5. The highest BCUT2D eigenvalue weighted by atomic mass is 16.5. The van der Waals surface area contributed by atoms with Crippen LogP contribution in [0.1, 0.15) is 425 Å². The molecule has 516 valence electrons. The topological polar surface area (TPSA) is 95.9 Å². The van der Waals surface area contributed by atoms with E-state index in [0.717, 1.165) is 57.8 Å². The Morgan fingerprint density at radius 3 is 0.875 bits per heavy atom. The van der Waals surface area contributed by atoms with Crippen molar-refractivity contribution >= 4 is 11.9 Å². The Morgan fingerprint density at radius 1 is 0.318 bits per heavy atom. The maximum absolute atomic E-state index is 12.6. The van der Waals surface area contributed by atoms with E-state index in [2.05, 4.69) is 67.8 Å². The fourth-order valence-corrected chi connectivity index (χ4v) is 12.2. The molecule has 6 nitrogen and oxygen atoms in total. The molecule has 0 aromatic heterocycles. The summed E-state index contributed by atoms with van der Waals surface area (Å²) in [5, 5.41) is 23.3. The molecule has 0 aliphatic rings. The first-order valence-electron chi connectivity index (χ1n) is 39.6. The summed E-state index contributed by atoms with van der Waals surface area (Å²) in [4.78, 5) is 24.6. The fourth-order valence-electron chi connectivity index (χ4n) is 12.2. The molecule has 88 heavy (non-hydrogen) atoms. The average molecular weight is 1230 g/mol. The lowest BCUT2D eigenvalue weighted by Crippen LogP contribution is -2.45. The van der Waals surface area contributed by atoms with Crippen LogP contribution in [0.2, 0.25) is 0 Å². The number of aliphatic hydroxyl groups excluding tert-OH is 2. The van der Waals surface area contributed by atoms with Gasteiger partial charge in [-0.25, -0.2) is 0 Å². The molecule has 0 saturated carbocycles. The molecule has 0 spiro atoms. The Balaban J connectivity index is 3.42. The van der Waals surface area contributed by atoms with Crippen molar-refractivity contribution in [1.82, 2.24) is 5.32 Å². The molecule has 6 heteroatoms. The predicted octanol–water partition coefficient (Wildman–Crippen LogP) is 26.2. The number of carbonyl (C=O) groups excluding carboxylic acids is 2. The average Bonchev–Trinajstić information content (AvgIpc) is 3.57. The number of aliphatic hydroxyl groups is 2. The third-order valence-electron chi connectivity index (χ3n) is 18.3. The molecular formula is C82H153NO5. The highest BCUT2D eigenvalue weighted by molar-refractivity contribution is 5.76. The summed E-state index contributed by atoms with van der Waals surface area (Å²) in [6.45, 7) is 4.91. The van der Waals surface area contributed by atoms with Crippen molar-refractivity contribution in [3.8, 4) is 0 Å². The zero-order valence-corrected chi connectivity index (χ0v) is 59.2. The number of carbonyl (C=O) groups is 2. The molecule has 2 atom stereocenters. The lowest BCUT2D eigenvalue weighted by Gasteiger charge is -2.20. The summed E-state index contributed by atoms with van der Waals surface area (Å²) < 4.78 is 5.49. The van der Waals surface area contributed by atoms with Gasteiger partial charge in [0.05, 0.1) is 25.4 Å². The largest absolute Gasteiger partial charge is 0.466 e. The van der Waals surface area contributed by atoms with Crippen LogP contribution >= 0.6 is 0 Å². The second-order valence-electron chi connectivity index (χ2n) is 27.0. The van der Waals surface area contributed by atoms with E-state index < -0.39 is 12.1 Å². The van der Waals surface area contributed by atoms with E-state index >= 15 is 0 Å². The molecule has 0 heterocycles. The van der Waals surface area contributed by atoms with Crippen LogP contribution in [-0.2, 0) is 14.3 Å². The smallest absolute Gasteiger partial charge is 0.305 e. The number of ether oxygens (including phenoxy) is 1. The SMILES string of the molecule is CCCCCC/C=C\C/C=C\CCCCCCCC(=O)OCCCCCCCCCCC/C=C\C/C=C\CCCCCCCCCCCCCCCCCC(=O)NC(CO)C(O)/C=C/CCCCCCCCCCCCCCCCCCCCCCCC. The van der Waals surface area contributed by atoms with Crippen LogP contribution in [0.25, 0.3) is 0 Å². The summed E-state index contributed by atoms with van der Waals surface area (Å²) in [6.07, 6.45) is 103. The van der Waals surface area contributed by atoms with Crippen LogP contribution in [0.15, 0.2) is 60.8 Å². The van der Waals surface area contributed by atoms with Gasteiger partial charge in [-0.3, -0.25) is 9.59 Å². The standard InChI is InChI=1S/C82H153NO5/c1-3-5-7-9-11-13-15-17-19-21-22-23-24-34-37-40-43-46-50-54-58-62-66-70-74-80(85)79(78-84)83-81(86)75-71-67-63-59-55-51-47-44-41-38-35-32-30-28-26-25-27-29-31-33-36-39-42-45-49-53-57-61-65-69-73-77-88-82(87)76-72-68-64-60-56-52-48-20-18-16-14-12-10-8-6-4-2/h14,16,20,27,29,33,36,48,70,74,79-80,84-85H,3-13,15,17-19,21-26,28,30-32,34-35,37-47,49-69,71-73,75-78H2,1-2H3,(H,83,86)/b16-14-,29-27-,36-33-,48-20-,74-70+. The molecule has 0 fully saturated rings. The van der Waals surface area contributed by atoms with Crippen LogP contribution in [0.3, 0.4) is 0 Å². The molecule has 0 bridgehead atoms. The van der Waals surface area contributed by atoms with E-state index in [1.807, 2.05) is 6.08 Å². The van der Waals surface area contributed by atoms with Gasteiger partial charge >= 0.3 is 5.97 Å². The normalized spacial score (nSPS) is 12.8. The van der Waals surface area contributed by atoms with Gasteiger partial charge in [0.15, 0.2) is 0 Å². The minimum Gasteiger partial charge on any atom is -0.466 e. The van der Waals surface area contributed by atoms with Crippen molar-refractivity contribution in [3.05, 3.63) is 60.8 Å². The van der Waals surface area contributed by atoms with Gasteiger partial charge in [-0.05, 0) is 96.3 Å². The first-order chi connectivity index (χ1) is 43.5. The molecule has 0 rings (SSSR count). The number of hydrogen-bond donors (Lipinski definition) is 3. The second-order valence-corrected chi connectivity index (χ2v) is 27.0. The summed E-state index contributed by atoms with van der Waals surface area (Å²) in [6, 6.07) is -0.630. The number of amides is 1. The van der Waals surface area contributed by atoms with Gasteiger partial charge in [0.25, 0.3) is 0 Å². The highest BCUT2D eigenvalue weighted by Crippen LogP contribution is 2.19. The maximum Gasteiger partial charge on any atom is 0.305 e. The van der Waals surface area contributed by atoms with Crippen LogP contribution < -0.4 is 5.32 Å². The maximum atomic E-state index is 12.6. The van der Waals surface area contributed by atoms with Gasteiger partial charge in [0, 0.05) is 12.8 Å². The number of allylic oxidation sites excluding steroid dienone is 9. The molecule has 1 amide bonds. The third-order valence-corrected chi connectivity index (χ3v) is 18.3. The van der Waals surface area contributed by atoms with Crippen LogP contribution in [-0.4, -0.2) is 47.4 Å². The first kappa shape index (κ1) is 85.6. The lowest BCUT2D eigenvalue weighted by atomic mass is 10.0. The monoisotopic (exact) mass is 1230 g/mol. The Hall–Kier alpha value is -2.44. The lowest BCUT2D eigenvalue weighted by molar-refractivity contribution is -0.143. The molecule has 0 aliphatic heterocycles. The minimum absolute atomic E-state index is 0.000379. The van der Waals surface area contributed by atoms with Gasteiger partial charge < -0.3 is 20.3 Å². The van der Waals surface area contributed by atoms with E-state index in [1.54, 1.807) is 6.08 Å². The van der Waals surface area contributed by atoms with Gasteiger partial charge in [0.2, 0.25) is 5.91 Å². The Bertz CT molecular complexity index is 1520. The van der Waals surface area contributed by atoms with E-state index in [4.69, 9.17) is 4.74 Å². The highest BCUT2D eigenvalue weighted by Gasteiger charge is 2.18. The van der Waals surface area contributed by atoms with Gasteiger partial charge in [-0.1, -0.05) is 376 Å². The molecule has 0 aliphatic carbocycles. The van der Waals surface area contributed by atoms with Crippen molar-refractivity contribution in [3.63, 3.8) is 0 Å². The number of unbranched alkanes of at least 4 members (excludes halogenated alkanes) is 55. The molecule has 2 unspecified atom stereocenters. The minimum atomic E-state index is -0.847. The summed E-state index contributed by atoms with van der Waals surface area (Å²) in [5.41, 5.74) is 0. The van der Waals surface area contributed by atoms with Crippen LogP contribution in [0.4, 0.5) is 0 Å². The molecule has 0 aromatic rings. The molecule has 0 aromatic carbocycles. The van der Waals surface area contributed by atoms with Gasteiger partial charge in [-0.15, -0.1) is 0 Å². The zero-order valence-electron chi connectivity index (χ0n) is 59.2. The predicted molar refractivity (Wildman–Crippen MR) is 389 cm³/mol. The molecule has 3 N–H and O–H groups in total. The van der Waals surface area contributed by atoms with Crippen molar-refractivity contribution in [2.24, 2.45) is 0 Å². The van der Waals surface area contributed by atoms with Crippen molar-refractivity contribution in [2.45, 2.75) is 437 Å². The van der Waals surface area contributed by atoms with Gasteiger partial charge in [0.1, 0.15) is 0 Å². The van der Waals surface area contributed by atoms with E-state index in [-0.39, 0.29) is 18.5 Å². The van der Waals surface area contributed by atoms with Crippen LogP contribution in [0.5, 0.6) is 0 Å². The number of rotatable bonds is 74. The summed E-state index contributed by atoms with van der Waals surface area (Å²) >= 11 is 0. The molecular weight excluding hydrogens is 1080 g/mol. The Morgan fingerprint density at radius 2 is 0.568 bits per heavy atom. The van der Waals surface area contributed by atoms with E-state index in [9.17, 15) is 19.8 Å². The summed E-state index contributed by atoms with van der Waals surface area (Å²) in [5.74, 6) is -0.0637. The van der Waals surface area contributed by atoms with Crippen molar-refractivity contribution < 1.29 is 24.5 Å². The number of esters is 1. The van der Waals surface area contributed by atoms with Crippen molar-refractivity contribution in [2.75, 3.05) is 13.2 Å². The van der Waals surface area contributed by atoms with Gasteiger partial charge in [-0.2, -0.15) is 0 Å². The van der Waals surface area contributed by atoms with Crippen molar-refractivity contribution in [1.29, 1.82) is 0 Å². The first-order valence-corrected chi connectivity index (χ1v) is 39.6. The summed E-state index contributed by atoms with van der Waals surface area (Å²) in [7, 11) is 0. The van der Waals surface area contributed by atoms with E-state index in [1.165, 1.54) is 340 Å². The quantitative estimate of drug-likeness (QED) is 0.0320. The fraction of sp³-hybridized carbons (Fsp3) is 0.854. The van der Waals surface area contributed by atoms with Crippen LogP contribution in [0, 0.1) is 0 Å². The zero-order chi connectivity index (χ0) is 63.5. The Kier molecular flexibility index (Phi) is 74.9.